The molecule has 0 saturated carbocycles. The number of amides is 1. The van der Waals surface area contributed by atoms with Crippen LogP contribution >= 0.6 is 11.8 Å². The van der Waals surface area contributed by atoms with Crippen LogP contribution in [-0.4, -0.2) is 54.9 Å². The minimum Gasteiger partial charge on any atom is -0.493 e. The third kappa shape index (κ3) is 3.84. The van der Waals surface area contributed by atoms with Crippen molar-refractivity contribution in [1.82, 2.24) is 4.90 Å². The van der Waals surface area contributed by atoms with E-state index in [4.69, 9.17) is 14.6 Å². The van der Waals surface area contributed by atoms with Crippen LogP contribution in [0.3, 0.4) is 0 Å². The molecule has 2 rings (SSSR count). The first-order valence-electron chi connectivity index (χ1n) is 6.63. The van der Waals surface area contributed by atoms with Crippen molar-refractivity contribution in [3.8, 4) is 11.5 Å². The lowest BCUT2D eigenvalue weighted by atomic mass is 10.2. The predicted octanol–water partition coefficient (Wildman–Crippen LogP) is 1.69. The zero-order valence-electron chi connectivity index (χ0n) is 12.9. The highest BCUT2D eigenvalue weighted by molar-refractivity contribution is 8.18. The highest BCUT2D eigenvalue weighted by atomic mass is 32.2. The number of thioether (sulfide) groups is 1. The molecule has 1 amide bonds. The number of carboxylic acids is 1. The molecule has 0 atom stereocenters. The molecule has 1 saturated heterocycles. The number of likely N-dealkylation sites (N-methyl/N-ethyl adjacent to an activating group) is 1. The molecule has 1 N–H and O–H groups in total. The fourth-order valence-electron chi connectivity index (χ4n) is 1.93. The molecule has 23 heavy (non-hydrogen) atoms. The van der Waals surface area contributed by atoms with Gasteiger partial charge >= 0.3 is 5.97 Å². The van der Waals surface area contributed by atoms with E-state index < -0.39 is 12.6 Å². The first-order chi connectivity index (χ1) is 11.0. The lowest BCUT2D eigenvalue weighted by Crippen LogP contribution is -2.23. The largest absolute Gasteiger partial charge is 0.493 e. The van der Waals surface area contributed by atoms with Gasteiger partial charge in [0.15, 0.2) is 23.3 Å². The van der Waals surface area contributed by atoms with Gasteiger partial charge in [0.1, 0.15) is 0 Å². The second kappa shape index (κ2) is 7.19. The molecule has 1 aromatic rings. The molecule has 7 nitrogen and oxygen atoms in total. The Morgan fingerprint density at radius 1 is 1.43 bits per heavy atom. The standard InChI is InChI=1S/C15H16N2O5S/c1-16-15-17(2)14(20)12(23-15)7-9-4-5-10(11(6-9)21-3)22-8-13(18)19/h4-7H,8H2,1-3H3,(H,18,19)/b12-7-,16-15?. The maximum Gasteiger partial charge on any atom is 0.341 e. The smallest absolute Gasteiger partial charge is 0.341 e. The van der Waals surface area contributed by atoms with Gasteiger partial charge in [-0.3, -0.25) is 14.7 Å². The van der Waals surface area contributed by atoms with Crippen LogP contribution < -0.4 is 9.47 Å². The normalized spacial score (nSPS) is 17.9. The number of ether oxygens (including phenoxy) is 2. The molecule has 0 aliphatic carbocycles. The second-order valence-corrected chi connectivity index (χ2v) is 5.58. The summed E-state index contributed by atoms with van der Waals surface area (Å²) in [6.07, 6.45) is 1.73. The van der Waals surface area contributed by atoms with E-state index in [-0.39, 0.29) is 5.91 Å². The molecule has 0 unspecified atom stereocenters. The van der Waals surface area contributed by atoms with E-state index in [0.717, 1.165) is 5.56 Å². The maximum absolute atomic E-state index is 12.1. The molecule has 0 radical (unpaired) electrons. The second-order valence-electron chi connectivity index (χ2n) is 4.57. The number of carbonyl (C=O) groups is 2. The summed E-state index contributed by atoms with van der Waals surface area (Å²) in [5.74, 6) is -0.467. The van der Waals surface area contributed by atoms with Gasteiger partial charge in [-0.25, -0.2) is 4.79 Å². The van der Waals surface area contributed by atoms with Gasteiger partial charge in [-0.05, 0) is 35.5 Å². The van der Waals surface area contributed by atoms with Crippen molar-refractivity contribution < 1.29 is 24.2 Å². The third-order valence-electron chi connectivity index (χ3n) is 3.03. The summed E-state index contributed by atoms with van der Waals surface area (Å²) >= 11 is 1.29. The van der Waals surface area contributed by atoms with Gasteiger partial charge in [0.05, 0.1) is 12.0 Å². The van der Waals surface area contributed by atoms with Crippen LogP contribution in [0.4, 0.5) is 0 Å². The molecule has 1 aliphatic heterocycles. The van der Waals surface area contributed by atoms with Crippen LogP contribution in [0.1, 0.15) is 5.56 Å². The number of aliphatic carboxylic acids is 1. The highest BCUT2D eigenvalue weighted by Gasteiger charge is 2.29. The number of amidine groups is 1. The van der Waals surface area contributed by atoms with Gasteiger partial charge in [0, 0.05) is 14.1 Å². The van der Waals surface area contributed by atoms with Crippen LogP contribution in [0.5, 0.6) is 11.5 Å². The lowest BCUT2D eigenvalue weighted by Gasteiger charge is -2.09. The van der Waals surface area contributed by atoms with Crippen molar-refractivity contribution in [2.24, 2.45) is 4.99 Å². The Balaban J connectivity index is 2.26. The Morgan fingerprint density at radius 2 is 2.17 bits per heavy atom. The predicted molar refractivity (Wildman–Crippen MR) is 87.8 cm³/mol. The fraction of sp³-hybridized carbons (Fsp3) is 0.267. The summed E-state index contributed by atoms with van der Waals surface area (Å²) < 4.78 is 10.3. The third-order valence-corrected chi connectivity index (χ3v) is 4.18. The summed E-state index contributed by atoms with van der Waals surface area (Å²) in [4.78, 5) is 28.8. The van der Waals surface area contributed by atoms with E-state index in [1.54, 1.807) is 38.4 Å². The van der Waals surface area contributed by atoms with Crippen molar-refractivity contribution in [3.05, 3.63) is 28.7 Å². The van der Waals surface area contributed by atoms with Gasteiger partial charge in [-0.1, -0.05) is 6.07 Å². The fourth-order valence-corrected chi connectivity index (χ4v) is 2.86. The number of carboxylic acid groups (broad SMARTS) is 1. The average Bonchev–Trinajstić information content (AvgIpc) is 2.81. The number of nitrogens with zero attached hydrogens (tertiary/aromatic N) is 2. The summed E-state index contributed by atoms with van der Waals surface area (Å²) in [7, 11) is 4.76. The van der Waals surface area contributed by atoms with Crippen LogP contribution in [0, 0.1) is 0 Å². The van der Waals surface area contributed by atoms with Gasteiger partial charge in [-0.2, -0.15) is 0 Å². The molecule has 0 bridgehead atoms. The van der Waals surface area contributed by atoms with E-state index in [0.29, 0.717) is 21.6 Å². The summed E-state index contributed by atoms with van der Waals surface area (Å²) in [6.45, 7) is -0.452. The van der Waals surface area contributed by atoms with Crippen molar-refractivity contribution in [1.29, 1.82) is 0 Å². The Kier molecular flexibility index (Phi) is 5.28. The minimum atomic E-state index is -1.07. The first-order valence-corrected chi connectivity index (χ1v) is 7.45. The van der Waals surface area contributed by atoms with Crippen molar-refractivity contribution in [2.45, 2.75) is 0 Å². The monoisotopic (exact) mass is 336 g/mol. The van der Waals surface area contributed by atoms with Crippen LogP contribution in [0.25, 0.3) is 6.08 Å². The van der Waals surface area contributed by atoms with Gasteiger partial charge in [-0.15, -0.1) is 0 Å². The maximum atomic E-state index is 12.1. The zero-order valence-corrected chi connectivity index (χ0v) is 13.7. The molecule has 1 aliphatic rings. The molecular weight excluding hydrogens is 320 g/mol. The zero-order chi connectivity index (χ0) is 17.0. The number of hydrogen-bond acceptors (Lipinski definition) is 6. The lowest BCUT2D eigenvalue weighted by molar-refractivity contribution is -0.139. The summed E-state index contributed by atoms with van der Waals surface area (Å²) in [5, 5.41) is 9.29. The number of benzene rings is 1. The Bertz CT molecular complexity index is 699. The van der Waals surface area contributed by atoms with Gasteiger partial charge < -0.3 is 14.6 Å². The van der Waals surface area contributed by atoms with E-state index in [1.165, 1.54) is 23.8 Å². The highest BCUT2D eigenvalue weighted by Crippen LogP contribution is 2.33. The molecule has 0 spiro atoms. The SMILES string of the molecule is CN=C1S/C(=C\c2ccc(OCC(=O)O)c(OC)c2)C(=O)N1C. The van der Waals surface area contributed by atoms with E-state index in [1.807, 2.05) is 0 Å². The van der Waals surface area contributed by atoms with E-state index in [9.17, 15) is 9.59 Å². The molecule has 1 fully saturated rings. The molecule has 122 valence electrons. The van der Waals surface area contributed by atoms with Gasteiger partial charge in [0.25, 0.3) is 5.91 Å². The molecule has 1 aromatic carbocycles. The number of carbonyl (C=O) groups excluding carboxylic acids is 1. The van der Waals surface area contributed by atoms with E-state index in [2.05, 4.69) is 4.99 Å². The summed E-state index contributed by atoms with van der Waals surface area (Å²) in [6, 6.07) is 5.01. The first kappa shape index (κ1) is 16.9. The van der Waals surface area contributed by atoms with Crippen molar-refractivity contribution in [3.63, 3.8) is 0 Å². The minimum absolute atomic E-state index is 0.124. The van der Waals surface area contributed by atoms with E-state index >= 15 is 0 Å². The average molecular weight is 336 g/mol. The quantitative estimate of drug-likeness (QED) is 0.823. The molecular formula is C15H16N2O5S. The number of rotatable bonds is 5. The Hall–Kier alpha value is -2.48. The van der Waals surface area contributed by atoms with Crippen molar-refractivity contribution in [2.75, 3.05) is 27.8 Å². The number of aliphatic imine (C=N–C) groups is 1. The van der Waals surface area contributed by atoms with Crippen molar-refractivity contribution >= 4 is 34.9 Å². The molecule has 1 heterocycles. The van der Waals surface area contributed by atoms with Gasteiger partial charge in [0.2, 0.25) is 0 Å². The van der Waals surface area contributed by atoms with Crippen LogP contribution in [0.2, 0.25) is 0 Å². The molecule has 8 heteroatoms. The number of methoxy groups -OCH3 is 1. The Morgan fingerprint density at radius 3 is 2.74 bits per heavy atom. The topological polar surface area (TPSA) is 88.4 Å². The van der Waals surface area contributed by atoms with Crippen LogP contribution in [0.15, 0.2) is 28.1 Å². The number of hydrogen-bond donors (Lipinski definition) is 1. The Labute approximate surface area is 137 Å². The van der Waals surface area contributed by atoms with Crippen LogP contribution in [-0.2, 0) is 9.59 Å². The molecule has 0 aromatic heterocycles. The summed E-state index contributed by atoms with van der Waals surface area (Å²) in [5.41, 5.74) is 0.742.